The van der Waals surface area contributed by atoms with Crippen LogP contribution in [-0.2, 0) is 0 Å². The fourth-order valence-corrected chi connectivity index (χ4v) is 2.00. The number of alkyl halides is 3. The highest BCUT2D eigenvalue weighted by molar-refractivity contribution is 4.87. The summed E-state index contributed by atoms with van der Waals surface area (Å²) in [4.78, 5) is 0. The van der Waals surface area contributed by atoms with Crippen molar-refractivity contribution in [2.45, 2.75) is 37.9 Å². The molecule has 0 saturated heterocycles. The van der Waals surface area contributed by atoms with Crippen LogP contribution in [0.4, 0.5) is 13.2 Å². The SMILES string of the molecule is C=CCNC1CCCCC1C(F)(F)F. The van der Waals surface area contributed by atoms with Crippen molar-refractivity contribution in [3.05, 3.63) is 12.7 Å². The van der Waals surface area contributed by atoms with E-state index in [0.717, 1.165) is 6.42 Å². The summed E-state index contributed by atoms with van der Waals surface area (Å²) in [6.45, 7) is 3.94. The second-order valence-corrected chi connectivity index (χ2v) is 3.74. The summed E-state index contributed by atoms with van der Waals surface area (Å²) in [5.41, 5.74) is 0. The van der Waals surface area contributed by atoms with E-state index in [0.29, 0.717) is 19.4 Å². The van der Waals surface area contributed by atoms with Gasteiger partial charge in [0.05, 0.1) is 5.92 Å². The lowest BCUT2D eigenvalue weighted by molar-refractivity contribution is -0.188. The standard InChI is InChI=1S/C10H16F3N/c1-2-7-14-9-6-4-3-5-8(9)10(11,12)13/h2,8-9,14H,1,3-7H2. The van der Waals surface area contributed by atoms with Gasteiger partial charge in [0.2, 0.25) is 0 Å². The Morgan fingerprint density at radius 2 is 1.93 bits per heavy atom. The minimum absolute atomic E-state index is 0.262. The van der Waals surface area contributed by atoms with Crippen molar-refractivity contribution in [2.24, 2.45) is 5.92 Å². The Bertz CT molecular complexity index is 188. The average molecular weight is 207 g/mol. The third-order valence-electron chi connectivity index (χ3n) is 2.71. The van der Waals surface area contributed by atoms with E-state index in [1.54, 1.807) is 6.08 Å². The van der Waals surface area contributed by atoms with Crippen molar-refractivity contribution >= 4 is 0 Å². The second-order valence-electron chi connectivity index (χ2n) is 3.74. The Morgan fingerprint density at radius 3 is 2.50 bits per heavy atom. The molecular weight excluding hydrogens is 191 g/mol. The van der Waals surface area contributed by atoms with Gasteiger partial charge in [-0.2, -0.15) is 13.2 Å². The van der Waals surface area contributed by atoms with Crippen LogP contribution in [0, 0.1) is 5.92 Å². The Hall–Kier alpha value is -0.510. The highest BCUT2D eigenvalue weighted by Crippen LogP contribution is 2.37. The lowest BCUT2D eigenvalue weighted by atomic mass is 9.84. The molecule has 0 bridgehead atoms. The third-order valence-corrected chi connectivity index (χ3v) is 2.71. The van der Waals surface area contributed by atoms with Crippen LogP contribution in [0.1, 0.15) is 25.7 Å². The molecule has 1 aliphatic carbocycles. The van der Waals surface area contributed by atoms with Crippen LogP contribution in [0.3, 0.4) is 0 Å². The van der Waals surface area contributed by atoms with Crippen LogP contribution in [-0.4, -0.2) is 18.8 Å². The molecule has 0 aromatic rings. The van der Waals surface area contributed by atoms with Gasteiger partial charge in [-0.25, -0.2) is 0 Å². The van der Waals surface area contributed by atoms with Crippen LogP contribution in [0.15, 0.2) is 12.7 Å². The van der Waals surface area contributed by atoms with Gasteiger partial charge in [0.25, 0.3) is 0 Å². The van der Waals surface area contributed by atoms with E-state index in [2.05, 4.69) is 11.9 Å². The van der Waals surface area contributed by atoms with Gasteiger partial charge in [0.1, 0.15) is 0 Å². The number of hydrogen-bond donors (Lipinski definition) is 1. The molecule has 82 valence electrons. The van der Waals surface area contributed by atoms with Gasteiger partial charge in [0, 0.05) is 12.6 Å². The predicted octanol–water partition coefficient (Wildman–Crippen LogP) is 2.88. The van der Waals surface area contributed by atoms with Crippen LogP contribution in [0.25, 0.3) is 0 Å². The number of hydrogen-bond acceptors (Lipinski definition) is 1. The smallest absolute Gasteiger partial charge is 0.310 e. The summed E-state index contributed by atoms with van der Waals surface area (Å²) < 4.78 is 37.7. The lowest BCUT2D eigenvalue weighted by Gasteiger charge is -2.33. The summed E-state index contributed by atoms with van der Waals surface area (Å²) in [5.74, 6) is -1.17. The first kappa shape index (κ1) is 11.6. The van der Waals surface area contributed by atoms with Gasteiger partial charge in [-0.05, 0) is 12.8 Å². The molecule has 0 spiro atoms. The molecule has 0 radical (unpaired) electrons. The molecule has 2 unspecified atom stereocenters. The summed E-state index contributed by atoms with van der Waals surface area (Å²) in [6, 6.07) is -0.415. The summed E-state index contributed by atoms with van der Waals surface area (Å²) in [5, 5.41) is 2.89. The molecule has 1 fully saturated rings. The van der Waals surface area contributed by atoms with Crippen molar-refractivity contribution in [1.82, 2.24) is 5.32 Å². The Morgan fingerprint density at radius 1 is 1.29 bits per heavy atom. The largest absolute Gasteiger partial charge is 0.393 e. The normalized spacial score (nSPS) is 28.8. The fourth-order valence-electron chi connectivity index (χ4n) is 2.00. The van der Waals surface area contributed by atoms with E-state index in [9.17, 15) is 13.2 Å². The van der Waals surface area contributed by atoms with Gasteiger partial charge in [-0.3, -0.25) is 0 Å². The van der Waals surface area contributed by atoms with E-state index >= 15 is 0 Å². The molecular formula is C10H16F3N. The van der Waals surface area contributed by atoms with Gasteiger partial charge in [-0.15, -0.1) is 6.58 Å². The molecule has 4 heteroatoms. The Balaban J connectivity index is 2.54. The molecule has 1 saturated carbocycles. The maximum Gasteiger partial charge on any atom is 0.393 e. The second kappa shape index (κ2) is 4.82. The molecule has 14 heavy (non-hydrogen) atoms. The quantitative estimate of drug-likeness (QED) is 0.702. The van der Waals surface area contributed by atoms with Crippen LogP contribution in [0.2, 0.25) is 0 Å². The van der Waals surface area contributed by atoms with E-state index < -0.39 is 18.1 Å². The minimum atomic E-state index is -4.06. The minimum Gasteiger partial charge on any atom is -0.310 e. The van der Waals surface area contributed by atoms with E-state index in [1.807, 2.05) is 0 Å². The van der Waals surface area contributed by atoms with Crippen LogP contribution >= 0.6 is 0 Å². The van der Waals surface area contributed by atoms with Gasteiger partial charge < -0.3 is 5.32 Å². The van der Waals surface area contributed by atoms with E-state index in [1.165, 1.54) is 0 Å². The maximum atomic E-state index is 12.6. The highest BCUT2D eigenvalue weighted by Gasteiger charge is 2.44. The molecule has 0 aromatic carbocycles. The topological polar surface area (TPSA) is 12.0 Å². The zero-order chi connectivity index (χ0) is 10.6. The van der Waals surface area contributed by atoms with Crippen LogP contribution in [0.5, 0.6) is 0 Å². The van der Waals surface area contributed by atoms with Gasteiger partial charge in [-0.1, -0.05) is 18.9 Å². The molecule has 1 nitrogen and oxygen atoms in total. The molecule has 2 atom stereocenters. The zero-order valence-corrected chi connectivity index (χ0v) is 8.11. The summed E-state index contributed by atoms with van der Waals surface area (Å²) >= 11 is 0. The Labute approximate surface area is 82.4 Å². The first-order chi connectivity index (χ1) is 6.55. The maximum absolute atomic E-state index is 12.6. The summed E-state index contributed by atoms with van der Waals surface area (Å²) in [7, 11) is 0. The van der Waals surface area contributed by atoms with Crippen molar-refractivity contribution < 1.29 is 13.2 Å². The first-order valence-corrected chi connectivity index (χ1v) is 4.96. The molecule has 0 aliphatic heterocycles. The molecule has 0 aromatic heterocycles. The van der Waals surface area contributed by atoms with E-state index in [-0.39, 0.29) is 6.42 Å². The number of rotatable bonds is 3. The molecule has 1 aliphatic rings. The van der Waals surface area contributed by atoms with Crippen molar-refractivity contribution in [1.29, 1.82) is 0 Å². The van der Waals surface area contributed by atoms with Gasteiger partial charge in [0.15, 0.2) is 0 Å². The molecule has 1 N–H and O–H groups in total. The molecule has 0 amide bonds. The number of nitrogens with one attached hydrogen (secondary N) is 1. The first-order valence-electron chi connectivity index (χ1n) is 4.96. The Kier molecular flexibility index (Phi) is 3.98. The number of halogens is 3. The molecule has 1 rings (SSSR count). The highest BCUT2D eigenvalue weighted by atomic mass is 19.4. The van der Waals surface area contributed by atoms with Gasteiger partial charge >= 0.3 is 6.18 Å². The zero-order valence-electron chi connectivity index (χ0n) is 8.11. The monoisotopic (exact) mass is 207 g/mol. The average Bonchev–Trinajstić information content (AvgIpc) is 2.14. The van der Waals surface area contributed by atoms with Crippen molar-refractivity contribution in [3.8, 4) is 0 Å². The molecule has 0 heterocycles. The summed E-state index contributed by atoms with van der Waals surface area (Å²) in [6.07, 6.45) is 0.00938. The van der Waals surface area contributed by atoms with E-state index in [4.69, 9.17) is 0 Å². The van der Waals surface area contributed by atoms with Crippen molar-refractivity contribution in [3.63, 3.8) is 0 Å². The van der Waals surface area contributed by atoms with Crippen molar-refractivity contribution in [2.75, 3.05) is 6.54 Å². The lowest BCUT2D eigenvalue weighted by Crippen LogP contribution is -2.45. The van der Waals surface area contributed by atoms with Crippen LogP contribution < -0.4 is 5.32 Å². The predicted molar refractivity (Wildman–Crippen MR) is 50.0 cm³/mol. The fraction of sp³-hybridized carbons (Fsp3) is 0.800. The third kappa shape index (κ3) is 3.01.